The van der Waals surface area contributed by atoms with E-state index in [0.29, 0.717) is 29.4 Å². The van der Waals surface area contributed by atoms with E-state index in [0.717, 1.165) is 11.0 Å². The summed E-state index contributed by atoms with van der Waals surface area (Å²) in [4.78, 5) is 14.5. The maximum atomic E-state index is 12.4. The lowest BCUT2D eigenvalue weighted by Gasteiger charge is -2.26. The van der Waals surface area contributed by atoms with Crippen LogP contribution in [0.2, 0.25) is 0 Å². The van der Waals surface area contributed by atoms with Crippen molar-refractivity contribution in [2.75, 3.05) is 23.7 Å². The van der Waals surface area contributed by atoms with Gasteiger partial charge >= 0.3 is 5.97 Å². The smallest absolute Gasteiger partial charge is 0.335 e. The van der Waals surface area contributed by atoms with Crippen LogP contribution in [0.3, 0.4) is 0 Å². The Hall–Kier alpha value is -2.75. The molecule has 0 unspecified atom stereocenters. The summed E-state index contributed by atoms with van der Waals surface area (Å²) in [5.74, 6) is -1.23. The van der Waals surface area contributed by atoms with Crippen molar-refractivity contribution in [2.24, 2.45) is 5.14 Å². The standard InChI is InChI=1S/C21H25N3O4S2/c1-3-5-11-24(12-6-4-2)18-13-15(21(25)26)14-19(30(23,27)28)20(18)29-17-9-7-16(22)8-10-17/h3-10,13-14H,11-12,22H2,1-2H3,(H,25,26)(H2,23,27,28). The van der Waals surface area contributed by atoms with Gasteiger partial charge in [-0.05, 0) is 50.2 Å². The third-order valence-corrected chi connectivity index (χ3v) is 6.36. The molecule has 0 saturated heterocycles. The average Bonchev–Trinajstić information content (AvgIpc) is 2.69. The van der Waals surface area contributed by atoms with Crippen molar-refractivity contribution in [3.8, 4) is 0 Å². The largest absolute Gasteiger partial charge is 0.478 e. The number of primary sulfonamides is 1. The normalized spacial score (nSPS) is 12.0. The fourth-order valence-corrected chi connectivity index (χ4v) is 4.74. The topological polar surface area (TPSA) is 127 Å². The Morgan fingerprint density at radius 1 is 1.10 bits per heavy atom. The van der Waals surface area contributed by atoms with Gasteiger partial charge in [-0.15, -0.1) is 0 Å². The van der Waals surface area contributed by atoms with Crippen LogP contribution < -0.4 is 15.8 Å². The number of carboxylic acid groups (broad SMARTS) is 1. The van der Waals surface area contributed by atoms with E-state index in [1.165, 1.54) is 17.8 Å². The van der Waals surface area contributed by atoms with E-state index in [1.807, 2.05) is 43.1 Å². The molecule has 0 aliphatic rings. The van der Waals surface area contributed by atoms with Crippen LogP contribution in [0.1, 0.15) is 24.2 Å². The number of anilines is 2. The van der Waals surface area contributed by atoms with E-state index in [4.69, 9.17) is 10.9 Å². The van der Waals surface area contributed by atoms with Crippen LogP contribution >= 0.6 is 11.8 Å². The number of sulfonamides is 1. The van der Waals surface area contributed by atoms with Crippen LogP contribution in [0, 0.1) is 0 Å². The zero-order chi connectivity index (χ0) is 22.3. The van der Waals surface area contributed by atoms with Crippen molar-refractivity contribution in [1.29, 1.82) is 0 Å². The van der Waals surface area contributed by atoms with Gasteiger partial charge in [0, 0.05) is 23.7 Å². The van der Waals surface area contributed by atoms with Crippen LogP contribution in [-0.2, 0) is 10.0 Å². The first kappa shape index (κ1) is 23.5. The second kappa shape index (κ2) is 10.3. The van der Waals surface area contributed by atoms with Gasteiger partial charge in [0.15, 0.2) is 0 Å². The lowest BCUT2D eigenvalue weighted by molar-refractivity contribution is 0.0696. The molecule has 0 aliphatic carbocycles. The highest BCUT2D eigenvalue weighted by Crippen LogP contribution is 2.41. The lowest BCUT2D eigenvalue weighted by Crippen LogP contribution is -2.26. The van der Waals surface area contributed by atoms with E-state index < -0.39 is 16.0 Å². The molecule has 0 atom stereocenters. The predicted octanol–water partition coefficient (Wildman–Crippen LogP) is 3.72. The van der Waals surface area contributed by atoms with Crippen LogP contribution in [0.25, 0.3) is 0 Å². The highest BCUT2D eigenvalue weighted by Gasteiger charge is 2.24. The number of hydrogen-bond donors (Lipinski definition) is 3. The highest BCUT2D eigenvalue weighted by atomic mass is 32.2. The molecule has 0 aromatic heterocycles. The zero-order valence-corrected chi connectivity index (χ0v) is 18.4. The molecule has 0 fully saturated rings. The Kier molecular flexibility index (Phi) is 8.10. The first-order valence-corrected chi connectivity index (χ1v) is 11.5. The van der Waals surface area contributed by atoms with Crippen molar-refractivity contribution in [1.82, 2.24) is 0 Å². The average molecular weight is 448 g/mol. The third kappa shape index (κ3) is 6.12. The fraction of sp³-hybridized carbons (Fsp3) is 0.190. The number of hydrogen-bond acceptors (Lipinski definition) is 6. The summed E-state index contributed by atoms with van der Waals surface area (Å²) in [5, 5.41) is 15.0. The van der Waals surface area contributed by atoms with E-state index in [2.05, 4.69) is 0 Å². The summed E-state index contributed by atoms with van der Waals surface area (Å²) < 4.78 is 24.8. The number of rotatable bonds is 9. The molecule has 2 aromatic rings. The molecule has 0 saturated carbocycles. The molecule has 160 valence electrons. The molecule has 0 amide bonds. The molecule has 0 radical (unpaired) electrons. The molecule has 0 aliphatic heterocycles. The summed E-state index contributed by atoms with van der Waals surface area (Å²) in [6.45, 7) is 4.68. The first-order chi connectivity index (χ1) is 14.2. The van der Waals surface area contributed by atoms with Gasteiger partial charge in [0.05, 0.1) is 21.0 Å². The second-order valence-corrected chi connectivity index (χ2v) is 9.00. The Morgan fingerprint density at radius 3 is 2.13 bits per heavy atom. The molecule has 0 bridgehead atoms. The number of nitrogens with zero attached hydrogens (tertiary/aromatic N) is 1. The maximum Gasteiger partial charge on any atom is 0.335 e. The maximum absolute atomic E-state index is 12.4. The number of allylic oxidation sites excluding steroid dienone is 2. The number of carboxylic acids is 1. The van der Waals surface area contributed by atoms with Crippen LogP contribution in [0.15, 0.2) is 75.4 Å². The Bertz CT molecular complexity index is 1050. The van der Waals surface area contributed by atoms with Gasteiger partial charge in [-0.1, -0.05) is 36.1 Å². The summed E-state index contributed by atoms with van der Waals surface area (Å²) >= 11 is 1.19. The first-order valence-electron chi connectivity index (χ1n) is 9.12. The molecule has 30 heavy (non-hydrogen) atoms. The van der Waals surface area contributed by atoms with Gasteiger partial charge in [0.1, 0.15) is 0 Å². The number of benzene rings is 2. The third-order valence-electron chi connectivity index (χ3n) is 4.15. The molecule has 2 aromatic carbocycles. The van der Waals surface area contributed by atoms with Crippen molar-refractivity contribution >= 4 is 39.1 Å². The Balaban J connectivity index is 2.78. The summed E-state index contributed by atoms with van der Waals surface area (Å²) in [6, 6.07) is 9.53. The van der Waals surface area contributed by atoms with Crippen molar-refractivity contribution < 1.29 is 18.3 Å². The molecular formula is C21H25N3O4S2. The van der Waals surface area contributed by atoms with Crippen LogP contribution in [0.5, 0.6) is 0 Å². The Morgan fingerprint density at radius 2 is 1.67 bits per heavy atom. The van der Waals surface area contributed by atoms with Gasteiger partial charge < -0.3 is 15.7 Å². The summed E-state index contributed by atoms with van der Waals surface area (Å²) in [5.41, 5.74) is 6.64. The summed E-state index contributed by atoms with van der Waals surface area (Å²) in [6.07, 6.45) is 7.56. The molecule has 7 nitrogen and oxygen atoms in total. The van der Waals surface area contributed by atoms with Crippen LogP contribution in [0.4, 0.5) is 11.4 Å². The van der Waals surface area contributed by atoms with Gasteiger partial charge in [0.2, 0.25) is 10.0 Å². The molecule has 9 heteroatoms. The van der Waals surface area contributed by atoms with E-state index in [9.17, 15) is 18.3 Å². The molecular weight excluding hydrogens is 422 g/mol. The Labute approximate surface area is 181 Å². The monoisotopic (exact) mass is 447 g/mol. The quantitative estimate of drug-likeness (QED) is 0.395. The minimum absolute atomic E-state index is 0.151. The molecule has 0 spiro atoms. The number of carbonyl (C=O) groups is 1. The van der Waals surface area contributed by atoms with Crippen molar-refractivity contribution in [3.63, 3.8) is 0 Å². The highest BCUT2D eigenvalue weighted by molar-refractivity contribution is 8.00. The molecule has 0 heterocycles. The number of aromatic carboxylic acids is 1. The second-order valence-electron chi connectivity index (χ2n) is 6.39. The van der Waals surface area contributed by atoms with Gasteiger partial charge in [-0.25, -0.2) is 18.4 Å². The van der Waals surface area contributed by atoms with E-state index in [1.54, 1.807) is 24.3 Å². The zero-order valence-electron chi connectivity index (χ0n) is 16.8. The van der Waals surface area contributed by atoms with E-state index in [-0.39, 0.29) is 10.5 Å². The van der Waals surface area contributed by atoms with Crippen molar-refractivity contribution in [2.45, 2.75) is 28.5 Å². The molecule has 2 rings (SSSR count). The molecule has 5 N–H and O–H groups in total. The van der Waals surface area contributed by atoms with Crippen molar-refractivity contribution in [3.05, 3.63) is 66.3 Å². The van der Waals surface area contributed by atoms with Gasteiger partial charge in [0.25, 0.3) is 0 Å². The minimum atomic E-state index is -4.19. The van der Waals surface area contributed by atoms with Crippen LogP contribution in [-0.4, -0.2) is 32.6 Å². The predicted molar refractivity (Wildman–Crippen MR) is 122 cm³/mol. The number of nitrogen functional groups attached to an aromatic ring is 1. The lowest BCUT2D eigenvalue weighted by atomic mass is 10.1. The minimum Gasteiger partial charge on any atom is -0.478 e. The SMILES string of the molecule is CC=CCN(CC=CC)c1cc(C(=O)O)cc(S(N)(=O)=O)c1Sc1ccc(N)cc1. The number of nitrogens with two attached hydrogens (primary N) is 2. The fourth-order valence-electron chi connectivity index (χ4n) is 2.65. The summed E-state index contributed by atoms with van der Waals surface area (Å²) in [7, 11) is -4.19. The van der Waals surface area contributed by atoms with Gasteiger partial charge in [-0.2, -0.15) is 0 Å². The van der Waals surface area contributed by atoms with Gasteiger partial charge in [-0.3, -0.25) is 0 Å². The van der Waals surface area contributed by atoms with E-state index >= 15 is 0 Å².